The highest BCUT2D eigenvalue weighted by Gasteiger charge is 2.62. The van der Waals surface area contributed by atoms with Crippen molar-refractivity contribution in [2.24, 2.45) is 11.1 Å². The van der Waals surface area contributed by atoms with Crippen LogP contribution in [0.4, 0.5) is 5.69 Å². The van der Waals surface area contributed by atoms with E-state index >= 15 is 0 Å². The highest BCUT2D eigenvalue weighted by molar-refractivity contribution is 5.99. The van der Waals surface area contributed by atoms with Crippen molar-refractivity contribution in [3.05, 3.63) is 29.8 Å². The maximum absolute atomic E-state index is 12.7. The van der Waals surface area contributed by atoms with Gasteiger partial charge in [0.05, 0.1) is 18.8 Å². The molecule has 0 heterocycles. The molecule has 2 rings (SSSR count). The minimum Gasteiger partial charge on any atom is -0.378 e. The number of halogens is 1. The Hall–Kier alpha value is -1.14. The van der Waals surface area contributed by atoms with Crippen LogP contribution in [0.15, 0.2) is 24.3 Å². The van der Waals surface area contributed by atoms with E-state index in [0.717, 1.165) is 11.3 Å². The molecule has 1 aliphatic rings. The van der Waals surface area contributed by atoms with Crippen LogP contribution in [0.1, 0.15) is 46.6 Å². The molecule has 25 heavy (non-hydrogen) atoms. The molecular weight excluding hydrogens is 340 g/mol. The summed E-state index contributed by atoms with van der Waals surface area (Å²) >= 11 is 0. The molecule has 0 spiro atoms. The third-order valence-electron chi connectivity index (χ3n) is 5.00. The average Bonchev–Trinajstić information content (AvgIpc) is 2.52. The summed E-state index contributed by atoms with van der Waals surface area (Å²) in [6.45, 7) is 11.1. The molecule has 2 atom stereocenters. The van der Waals surface area contributed by atoms with Crippen LogP contribution in [0, 0.1) is 5.41 Å². The largest absolute Gasteiger partial charge is 0.378 e. The normalized spacial score (nSPS) is 24.4. The van der Waals surface area contributed by atoms with E-state index in [0.29, 0.717) is 19.6 Å². The standard InChI is InChI=1S/C19H30N2O3.ClH/c1-6-23-16-11-19(20,18(16,4)5)17(22)21-15-9-7-8-14(10-15)12-24-13(2)3;/h7-10,13,16H,6,11-12,20H2,1-5H3,(H,21,22);1H. The molecule has 0 aliphatic heterocycles. The lowest BCUT2D eigenvalue weighted by Gasteiger charge is -2.57. The monoisotopic (exact) mass is 370 g/mol. The first-order chi connectivity index (χ1) is 11.2. The van der Waals surface area contributed by atoms with Crippen LogP contribution in [-0.4, -0.2) is 30.3 Å². The van der Waals surface area contributed by atoms with E-state index in [2.05, 4.69) is 5.32 Å². The van der Waals surface area contributed by atoms with Gasteiger partial charge in [-0.3, -0.25) is 4.79 Å². The van der Waals surface area contributed by atoms with E-state index in [1.165, 1.54) is 0 Å². The van der Waals surface area contributed by atoms with Gasteiger partial charge in [0.25, 0.3) is 0 Å². The minimum absolute atomic E-state index is 0. The molecule has 5 nitrogen and oxygen atoms in total. The first-order valence-electron chi connectivity index (χ1n) is 8.63. The summed E-state index contributed by atoms with van der Waals surface area (Å²) < 4.78 is 11.3. The van der Waals surface area contributed by atoms with E-state index in [1.807, 2.05) is 58.9 Å². The predicted molar refractivity (Wildman–Crippen MR) is 103 cm³/mol. The van der Waals surface area contributed by atoms with Crippen LogP contribution in [0.2, 0.25) is 0 Å². The molecule has 1 fully saturated rings. The van der Waals surface area contributed by atoms with Crippen molar-refractivity contribution in [2.75, 3.05) is 11.9 Å². The Labute approximate surface area is 157 Å². The molecule has 6 heteroatoms. The van der Waals surface area contributed by atoms with Crippen molar-refractivity contribution in [1.82, 2.24) is 0 Å². The highest BCUT2D eigenvalue weighted by Crippen LogP contribution is 2.50. The van der Waals surface area contributed by atoms with Crippen molar-refractivity contribution < 1.29 is 14.3 Å². The van der Waals surface area contributed by atoms with Crippen LogP contribution >= 0.6 is 12.4 Å². The molecule has 0 saturated heterocycles. The molecule has 1 saturated carbocycles. The molecule has 0 bridgehead atoms. The number of carbonyl (C=O) groups is 1. The summed E-state index contributed by atoms with van der Waals surface area (Å²) in [6, 6.07) is 7.68. The second-order valence-electron chi connectivity index (χ2n) is 7.36. The Balaban J connectivity index is 0.00000312. The topological polar surface area (TPSA) is 73.6 Å². The lowest BCUT2D eigenvalue weighted by atomic mass is 9.54. The van der Waals surface area contributed by atoms with E-state index in [-0.39, 0.29) is 30.5 Å². The quantitative estimate of drug-likeness (QED) is 0.770. The van der Waals surface area contributed by atoms with Crippen LogP contribution < -0.4 is 11.1 Å². The molecular formula is C19H31ClN2O3. The number of anilines is 1. The van der Waals surface area contributed by atoms with Gasteiger partial charge in [-0.2, -0.15) is 0 Å². The van der Waals surface area contributed by atoms with Crippen LogP contribution in [-0.2, 0) is 20.9 Å². The van der Waals surface area contributed by atoms with Gasteiger partial charge < -0.3 is 20.5 Å². The van der Waals surface area contributed by atoms with E-state index in [1.54, 1.807) is 0 Å². The lowest BCUT2D eigenvalue weighted by molar-refractivity contribution is -0.166. The molecule has 1 amide bonds. The fourth-order valence-corrected chi connectivity index (χ4v) is 3.06. The summed E-state index contributed by atoms with van der Waals surface area (Å²) in [5.74, 6) is -0.162. The van der Waals surface area contributed by atoms with Gasteiger partial charge in [-0.15, -0.1) is 12.4 Å². The van der Waals surface area contributed by atoms with Gasteiger partial charge in [0.2, 0.25) is 5.91 Å². The summed E-state index contributed by atoms with van der Waals surface area (Å²) in [4.78, 5) is 12.7. The number of hydrogen-bond acceptors (Lipinski definition) is 4. The van der Waals surface area contributed by atoms with Crippen LogP contribution in [0.5, 0.6) is 0 Å². The summed E-state index contributed by atoms with van der Waals surface area (Å²) in [5, 5.41) is 2.96. The Morgan fingerprint density at radius 2 is 2.08 bits per heavy atom. The van der Waals surface area contributed by atoms with Gasteiger partial charge >= 0.3 is 0 Å². The second kappa shape index (κ2) is 8.49. The lowest BCUT2D eigenvalue weighted by Crippen LogP contribution is -2.74. The molecule has 2 unspecified atom stereocenters. The molecule has 1 aromatic rings. The zero-order valence-corrected chi connectivity index (χ0v) is 16.6. The van der Waals surface area contributed by atoms with E-state index in [9.17, 15) is 4.79 Å². The predicted octanol–water partition coefficient (Wildman–Crippen LogP) is 3.50. The van der Waals surface area contributed by atoms with Crippen molar-refractivity contribution in [3.63, 3.8) is 0 Å². The molecule has 142 valence electrons. The first-order valence-corrected chi connectivity index (χ1v) is 8.63. The second-order valence-corrected chi connectivity index (χ2v) is 7.36. The Morgan fingerprint density at radius 3 is 2.64 bits per heavy atom. The number of ether oxygens (including phenoxy) is 2. The molecule has 3 N–H and O–H groups in total. The van der Waals surface area contributed by atoms with Gasteiger partial charge in [-0.05, 0) is 38.5 Å². The average molecular weight is 371 g/mol. The van der Waals surface area contributed by atoms with E-state index < -0.39 is 11.0 Å². The maximum Gasteiger partial charge on any atom is 0.245 e. The Kier molecular flexibility index (Phi) is 7.44. The van der Waals surface area contributed by atoms with Crippen molar-refractivity contribution in [1.29, 1.82) is 0 Å². The number of carbonyl (C=O) groups excluding carboxylic acids is 1. The SMILES string of the molecule is CCOC1CC(N)(C(=O)Nc2cccc(COC(C)C)c2)C1(C)C.Cl. The van der Waals surface area contributed by atoms with Crippen molar-refractivity contribution in [2.45, 2.75) is 65.4 Å². The van der Waals surface area contributed by atoms with Gasteiger partial charge in [-0.1, -0.05) is 26.0 Å². The zero-order valence-electron chi connectivity index (χ0n) is 15.8. The third-order valence-corrected chi connectivity index (χ3v) is 5.00. The van der Waals surface area contributed by atoms with Crippen molar-refractivity contribution in [3.8, 4) is 0 Å². The maximum atomic E-state index is 12.7. The number of amides is 1. The van der Waals surface area contributed by atoms with Gasteiger partial charge in [-0.25, -0.2) is 0 Å². The third kappa shape index (κ3) is 4.53. The van der Waals surface area contributed by atoms with Crippen molar-refractivity contribution >= 4 is 24.0 Å². The Bertz CT molecular complexity index is 592. The van der Waals surface area contributed by atoms with Gasteiger partial charge in [0.15, 0.2) is 0 Å². The number of nitrogens with two attached hydrogens (primary N) is 1. The van der Waals surface area contributed by atoms with Crippen LogP contribution in [0.25, 0.3) is 0 Å². The Morgan fingerprint density at radius 1 is 1.40 bits per heavy atom. The summed E-state index contributed by atoms with van der Waals surface area (Å²) in [7, 11) is 0. The first kappa shape index (κ1) is 21.9. The number of hydrogen-bond donors (Lipinski definition) is 2. The molecule has 0 aromatic heterocycles. The summed E-state index contributed by atoms with van der Waals surface area (Å²) in [6.07, 6.45) is 0.724. The fraction of sp³-hybridized carbons (Fsp3) is 0.632. The molecule has 0 radical (unpaired) electrons. The van der Waals surface area contributed by atoms with E-state index in [4.69, 9.17) is 15.2 Å². The number of nitrogens with one attached hydrogen (secondary N) is 1. The van der Waals surface area contributed by atoms with Gasteiger partial charge in [0, 0.05) is 24.1 Å². The highest BCUT2D eigenvalue weighted by atomic mass is 35.5. The van der Waals surface area contributed by atoms with Gasteiger partial charge in [0.1, 0.15) is 5.54 Å². The molecule has 1 aliphatic carbocycles. The zero-order chi connectivity index (χ0) is 18.0. The number of rotatable bonds is 7. The smallest absolute Gasteiger partial charge is 0.245 e. The molecule has 1 aromatic carbocycles. The minimum atomic E-state index is -0.919. The fourth-order valence-electron chi connectivity index (χ4n) is 3.06. The number of benzene rings is 1. The summed E-state index contributed by atoms with van der Waals surface area (Å²) in [5.41, 5.74) is 6.86. The van der Waals surface area contributed by atoms with Crippen LogP contribution in [0.3, 0.4) is 0 Å².